The van der Waals surface area contributed by atoms with Gasteiger partial charge in [0.05, 0.1) is 6.26 Å². The molecular formula is C17H22ClNO2. The van der Waals surface area contributed by atoms with Crippen molar-refractivity contribution in [1.29, 1.82) is 0 Å². The Labute approximate surface area is 131 Å². The third-order valence-corrected chi connectivity index (χ3v) is 3.47. The number of halogens is 1. The molecule has 4 heteroatoms. The average molecular weight is 308 g/mol. The summed E-state index contributed by atoms with van der Waals surface area (Å²) in [4.78, 5) is 0. The van der Waals surface area contributed by atoms with E-state index < -0.39 is 0 Å². The summed E-state index contributed by atoms with van der Waals surface area (Å²) in [6.07, 6.45) is 2.91. The number of furan rings is 1. The lowest BCUT2D eigenvalue weighted by Crippen LogP contribution is -2.13. The van der Waals surface area contributed by atoms with E-state index in [0.29, 0.717) is 6.61 Å². The summed E-state index contributed by atoms with van der Waals surface area (Å²) in [6, 6.07) is 5.85. The monoisotopic (exact) mass is 307 g/mol. The zero-order chi connectivity index (χ0) is 15.2. The largest absolute Gasteiger partial charge is 0.485 e. The third kappa shape index (κ3) is 4.51. The lowest BCUT2D eigenvalue weighted by molar-refractivity contribution is 0.267. The quantitative estimate of drug-likeness (QED) is 0.757. The zero-order valence-electron chi connectivity index (χ0n) is 12.8. The molecule has 0 radical (unpaired) electrons. The maximum Gasteiger partial charge on any atom is 0.146 e. The van der Waals surface area contributed by atoms with E-state index in [4.69, 9.17) is 20.8 Å². The van der Waals surface area contributed by atoms with Gasteiger partial charge in [-0.05, 0) is 56.1 Å². The summed E-state index contributed by atoms with van der Waals surface area (Å²) < 4.78 is 11.4. The molecule has 0 fully saturated rings. The molecule has 0 aliphatic rings. The average Bonchev–Trinajstić information content (AvgIpc) is 2.86. The first-order chi connectivity index (χ1) is 10.1. The van der Waals surface area contributed by atoms with E-state index in [1.807, 2.05) is 32.0 Å². The van der Waals surface area contributed by atoms with Crippen LogP contribution in [0.4, 0.5) is 0 Å². The fourth-order valence-electron chi connectivity index (χ4n) is 2.27. The van der Waals surface area contributed by atoms with Crippen molar-refractivity contribution in [3.05, 3.63) is 51.9 Å². The Morgan fingerprint density at radius 2 is 1.90 bits per heavy atom. The molecule has 2 rings (SSSR count). The number of nitrogens with one attached hydrogen (secondary N) is 1. The normalized spacial score (nSPS) is 10.9. The molecule has 0 atom stereocenters. The van der Waals surface area contributed by atoms with E-state index in [1.165, 1.54) is 0 Å². The topological polar surface area (TPSA) is 34.4 Å². The highest BCUT2D eigenvalue weighted by atomic mass is 35.5. The van der Waals surface area contributed by atoms with Gasteiger partial charge < -0.3 is 14.5 Å². The lowest BCUT2D eigenvalue weighted by atomic mass is 10.1. The Hall–Kier alpha value is -1.45. The maximum absolute atomic E-state index is 6.02. The van der Waals surface area contributed by atoms with Crippen LogP contribution < -0.4 is 10.1 Å². The Morgan fingerprint density at radius 3 is 2.57 bits per heavy atom. The van der Waals surface area contributed by atoms with Crippen LogP contribution in [0.3, 0.4) is 0 Å². The summed E-state index contributed by atoms with van der Waals surface area (Å²) in [7, 11) is 0. The molecule has 21 heavy (non-hydrogen) atoms. The van der Waals surface area contributed by atoms with Crippen LogP contribution in [0.1, 0.15) is 35.8 Å². The summed E-state index contributed by atoms with van der Waals surface area (Å²) in [5.41, 5.74) is 3.22. The van der Waals surface area contributed by atoms with E-state index in [2.05, 4.69) is 12.2 Å². The van der Waals surface area contributed by atoms with Crippen molar-refractivity contribution < 1.29 is 9.15 Å². The zero-order valence-corrected chi connectivity index (χ0v) is 13.6. The highest BCUT2D eigenvalue weighted by Crippen LogP contribution is 2.27. The van der Waals surface area contributed by atoms with E-state index in [-0.39, 0.29) is 0 Å². The van der Waals surface area contributed by atoms with E-state index in [0.717, 1.165) is 52.7 Å². The molecule has 0 aliphatic carbocycles. The summed E-state index contributed by atoms with van der Waals surface area (Å²) in [5, 5.41) is 4.08. The summed E-state index contributed by atoms with van der Waals surface area (Å²) in [6.45, 7) is 8.42. The molecule has 0 saturated heterocycles. The van der Waals surface area contributed by atoms with Gasteiger partial charge in [0.15, 0.2) is 0 Å². The molecule has 0 unspecified atom stereocenters. The molecule has 0 bridgehead atoms. The van der Waals surface area contributed by atoms with Gasteiger partial charge in [-0.2, -0.15) is 0 Å². The molecule has 0 spiro atoms. The van der Waals surface area contributed by atoms with Gasteiger partial charge in [-0.3, -0.25) is 0 Å². The minimum Gasteiger partial charge on any atom is -0.485 e. The molecule has 1 N–H and O–H groups in total. The van der Waals surface area contributed by atoms with E-state index in [9.17, 15) is 0 Å². The Morgan fingerprint density at radius 1 is 1.19 bits per heavy atom. The molecule has 1 aromatic carbocycles. The molecule has 2 aromatic rings. The molecule has 0 aliphatic heterocycles. The maximum atomic E-state index is 6.02. The van der Waals surface area contributed by atoms with Crippen LogP contribution in [0.5, 0.6) is 5.75 Å². The highest BCUT2D eigenvalue weighted by Gasteiger charge is 2.08. The van der Waals surface area contributed by atoms with Crippen LogP contribution in [0, 0.1) is 13.8 Å². The van der Waals surface area contributed by atoms with Crippen molar-refractivity contribution in [2.45, 2.75) is 40.3 Å². The van der Waals surface area contributed by atoms with Crippen molar-refractivity contribution in [1.82, 2.24) is 5.32 Å². The smallest absolute Gasteiger partial charge is 0.146 e. The van der Waals surface area contributed by atoms with Gasteiger partial charge in [0.25, 0.3) is 0 Å². The molecule has 1 heterocycles. The SMILES string of the molecule is CCCNCc1coc(COc2c(C)cc(Cl)cc2C)c1. The van der Waals surface area contributed by atoms with Crippen molar-refractivity contribution in [2.24, 2.45) is 0 Å². The minimum absolute atomic E-state index is 0.428. The lowest BCUT2D eigenvalue weighted by Gasteiger charge is -2.11. The van der Waals surface area contributed by atoms with Crippen molar-refractivity contribution in [3.63, 3.8) is 0 Å². The van der Waals surface area contributed by atoms with Gasteiger partial charge >= 0.3 is 0 Å². The summed E-state index contributed by atoms with van der Waals surface area (Å²) >= 11 is 6.02. The van der Waals surface area contributed by atoms with Crippen LogP contribution in [0.15, 0.2) is 28.9 Å². The van der Waals surface area contributed by atoms with Gasteiger partial charge in [-0.25, -0.2) is 0 Å². The van der Waals surface area contributed by atoms with Crippen molar-refractivity contribution in [3.8, 4) is 5.75 Å². The van der Waals surface area contributed by atoms with Crippen LogP contribution in [-0.4, -0.2) is 6.54 Å². The third-order valence-electron chi connectivity index (χ3n) is 3.25. The van der Waals surface area contributed by atoms with Gasteiger partial charge in [0.2, 0.25) is 0 Å². The fourth-order valence-corrected chi connectivity index (χ4v) is 2.60. The molecule has 0 saturated carbocycles. The number of hydrogen-bond donors (Lipinski definition) is 1. The number of hydrogen-bond acceptors (Lipinski definition) is 3. The van der Waals surface area contributed by atoms with Gasteiger partial charge in [-0.1, -0.05) is 18.5 Å². The van der Waals surface area contributed by atoms with Crippen molar-refractivity contribution in [2.75, 3.05) is 6.54 Å². The number of benzene rings is 1. The standard InChI is InChI=1S/C17H22ClNO2/c1-4-5-19-9-14-8-16(20-10-14)11-21-17-12(2)6-15(18)7-13(17)3/h6-8,10,19H,4-5,9,11H2,1-3H3. The second-order valence-corrected chi connectivity index (χ2v) is 5.69. The molecule has 3 nitrogen and oxygen atoms in total. The van der Waals surface area contributed by atoms with Crippen LogP contribution >= 0.6 is 11.6 Å². The molecule has 0 amide bonds. The first kappa shape index (κ1) is 15.9. The number of aryl methyl sites for hydroxylation is 2. The Bertz CT molecular complexity index is 569. The second kappa shape index (κ2) is 7.53. The van der Waals surface area contributed by atoms with E-state index in [1.54, 1.807) is 6.26 Å². The van der Waals surface area contributed by atoms with Crippen molar-refractivity contribution >= 4 is 11.6 Å². The minimum atomic E-state index is 0.428. The van der Waals surface area contributed by atoms with Gasteiger partial charge in [-0.15, -0.1) is 0 Å². The number of ether oxygens (including phenoxy) is 1. The van der Waals surface area contributed by atoms with Gasteiger partial charge in [0, 0.05) is 17.1 Å². The highest BCUT2D eigenvalue weighted by molar-refractivity contribution is 6.30. The predicted octanol–water partition coefficient (Wildman–Crippen LogP) is 4.63. The Balaban J connectivity index is 1.94. The van der Waals surface area contributed by atoms with Crippen LogP contribution in [0.2, 0.25) is 5.02 Å². The predicted molar refractivity (Wildman–Crippen MR) is 86.0 cm³/mol. The molecule has 1 aromatic heterocycles. The second-order valence-electron chi connectivity index (χ2n) is 5.26. The van der Waals surface area contributed by atoms with E-state index >= 15 is 0 Å². The molecule has 114 valence electrons. The Kier molecular flexibility index (Phi) is 5.71. The fraction of sp³-hybridized carbons (Fsp3) is 0.412. The summed E-state index contributed by atoms with van der Waals surface area (Å²) in [5.74, 6) is 1.71. The number of rotatable bonds is 7. The van der Waals surface area contributed by atoms with Gasteiger partial charge in [0.1, 0.15) is 18.1 Å². The first-order valence-electron chi connectivity index (χ1n) is 7.26. The van der Waals surface area contributed by atoms with Crippen LogP contribution in [0.25, 0.3) is 0 Å². The first-order valence-corrected chi connectivity index (χ1v) is 7.64. The van der Waals surface area contributed by atoms with Crippen LogP contribution in [-0.2, 0) is 13.2 Å². The molecular weight excluding hydrogens is 286 g/mol.